The minimum atomic E-state index is 0.910. The highest BCUT2D eigenvalue weighted by atomic mass is 13.9. The molecule has 0 N–H and O–H groups in total. The van der Waals surface area contributed by atoms with Crippen molar-refractivity contribution in [1.29, 1.82) is 0 Å². The third-order valence-corrected chi connectivity index (χ3v) is 3.38. The Hall–Kier alpha value is -4.10. The van der Waals surface area contributed by atoms with Gasteiger partial charge in [0.1, 0.15) is 0 Å². The molecule has 26 heavy (non-hydrogen) atoms. The lowest BCUT2D eigenvalue weighted by molar-refractivity contribution is 1.60. The average Bonchev–Trinajstić information content (AvgIpc) is 2.71. The molecular weight excluding hydrogens is 312 g/mol. The Balaban J connectivity index is 1.62. The minimum absolute atomic E-state index is 0.910. The number of benzene rings is 3. The summed E-state index contributed by atoms with van der Waals surface area (Å²) in [6, 6.07) is 27.4. The summed E-state index contributed by atoms with van der Waals surface area (Å²) in [6.07, 6.45) is 0. The zero-order valence-corrected chi connectivity index (χ0v) is 14.1. The standard InChI is InChI=1S/C26H14/c1-3-11-23(12-4-1)15-7-9-17-25-19-21-26(22-20-25)18-10-8-16-24-13-5-2-6-14-24/h1-6,11-14,19-22H. The van der Waals surface area contributed by atoms with Crippen LogP contribution < -0.4 is 0 Å². The second kappa shape index (κ2) is 9.26. The van der Waals surface area contributed by atoms with Gasteiger partial charge in [-0.25, -0.2) is 0 Å². The van der Waals surface area contributed by atoms with E-state index in [1.165, 1.54) is 0 Å². The van der Waals surface area contributed by atoms with Gasteiger partial charge < -0.3 is 0 Å². The van der Waals surface area contributed by atoms with Crippen LogP contribution in [-0.2, 0) is 0 Å². The van der Waals surface area contributed by atoms with Crippen LogP contribution in [0.2, 0.25) is 0 Å². The van der Waals surface area contributed by atoms with Gasteiger partial charge in [0.05, 0.1) is 0 Å². The van der Waals surface area contributed by atoms with Crippen molar-refractivity contribution < 1.29 is 0 Å². The molecule has 0 unspecified atom stereocenters. The maximum absolute atomic E-state index is 3.03. The van der Waals surface area contributed by atoms with Crippen LogP contribution in [0.25, 0.3) is 0 Å². The lowest BCUT2D eigenvalue weighted by atomic mass is 10.1. The molecule has 0 heterocycles. The van der Waals surface area contributed by atoms with Crippen LogP contribution in [0.5, 0.6) is 0 Å². The highest BCUT2D eigenvalue weighted by molar-refractivity contribution is 5.48. The van der Waals surface area contributed by atoms with E-state index in [1.807, 2.05) is 84.9 Å². The number of hydrogen-bond acceptors (Lipinski definition) is 0. The molecule has 3 rings (SSSR count). The molecule has 0 radical (unpaired) electrons. The zero-order valence-electron chi connectivity index (χ0n) is 14.1. The van der Waals surface area contributed by atoms with Gasteiger partial charge in [-0.1, -0.05) is 60.1 Å². The number of hydrogen-bond donors (Lipinski definition) is 0. The maximum atomic E-state index is 3.03. The maximum Gasteiger partial charge on any atom is 0.0256 e. The van der Waals surface area contributed by atoms with Gasteiger partial charge in [-0.15, -0.1) is 0 Å². The van der Waals surface area contributed by atoms with E-state index in [-0.39, 0.29) is 0 Å². The normalized spacial score (nSPS) is 8.31. The smallest absolute Gasteiger partial charge is 0.0256 e. The van der Waals surface area contributed by atoms with Crippen molar-refractivity contribution in [2.24, 2.45) is 0 Å². The van der Waals surface area contributed by atoms with E-state index in [4.69, 9.17) is 0 Å². The molecule has 0 amide bonds. The van der Waals surface area contributed by atoms with Gasteiger partial charge in [0.25, 0.3) is 0 Å². The molecule has 0 aromatic heterocycles. The van der Waals surface area contributed by atoms with Crippen molar-refractivity contribution in [3.8, 4) is 47.4 Å². The molecule has 0 nitrogen and oxygen atoms in total. The third-order valence-electron chi connectivity index (χ3n) is 3.38. The van der Waals surface area contributed by atoms with Gasteiger partial charge in [0.2, 0.25) is 0 Å². The largest absolute Gasteiger partial charge is 0.0622 e. The summed E-state index contributed by atoms with van der Waals surface area (Å²) in [7, 11) is 0. The molecule has 0 atom stereocenters. The molecule has 118 valence electrons. The van der Waals surface area contributed by atoms with Gasteiger partial charge in [0, 0.05) is 22.3 Å². The quantitative estimate of drug-likeness (QED) is 0.534. The van der Waals surface area contributed by atoms with Crippen LogP contribution in [0.15, 0.2) is 84.9 Å². The summed E-state index contributed by atoms with van der Waals surface area (Å²) in [5, 5.41) is 0. The van der Waals surface area contributed by atoms with Gasteiger partial charge in [-0.3, -0.25) is 0 Å². The van der Waals surface area contributed by atoms with E-state index in [9.17, 15) is 0 Å². The molecule has 0 spiro atoms. The van der Waals surface area contributed by atoms with Crippen LogP contribution in [-0.4, -0.2) is 0 Å². The SMILES string of the molecule is C(C#Cc1ccc(C#CC#Cc2ccccc2)cc1)#Cc1ccccc1. The summed E-state index contributed by atoms with van der Waals surface area (Å²) in [6.45, 7) is 0. The molecule has 0 heteroatoms. The predicted octanol–water partition coefficient (Wildman–Crippen LogP) is 4.49. The van der Waals surface area contributed by atoms with E-state index in [0.29, 0.717) is 0 Å². The van der Waals surface area contributed by atoms with E-state index < -0.39 is 0 Å². The summed E-state index contributed by atoms with van der Waals surface area (Å²) < 4.78 is 0. The fourth-order valence-corrected chi connectivity index (χ4v) is 2.09. The molecule has 0 saturated carbocycles. The Kier molecular flexibility index (Phi) is 5.96. The summed E-state index contributed by atoms with van der Waals surface area (Å²) >= 11 is 0. The topological polar surface area (TPSA) is 0 Å². The van der Waals surface area contributed by atoms with Gasteiger partial charge in [-0.05, 0) is 72.2 Å². The molecule has 0 aliphatic carbocycles. The number of rotatable bonds is 0. The van der Waals surface area contributed by atoms with Gasteiger partial charge in [-0.2, -0.15) is 0 Å². The highest BCUT2D eigenvalue weighted by Gasteiger charge is 1.87. The molecule has 0 bridgehead atoms. The molecule has 3 aromatic carbocycles. The van der Waals surface area contributed by atoms with E-state index >= 15 is 0 Å². The van der Waals surface area contributed by atoms with Gasteiger partial charge >= 0.3 is 0 Å². The molecule has 0 aliphatic rings. The highest BCUT2D eigenvalue weighted by Crippen LogP contribution is 2.01. The van der Waals surface area contributed by atoms with Crippen LogP contribution in [0.3, 0.4) is 0 Å². The zero-order chi connectivity index (χ0) is 17.9. The van der Waals surface area contributed by atoms with Crippen LogP contribution in [0.4, 0.5) is 0 Å². The lowest BCUT2D eigenvalue weighted by Gasteiger charge is -1.90. The van der Waals surface area contributed by atoms with Crippen molar-refractivity contribution in [2.75, 3.05) is 0 Å². The van der Waals surface area contributed by atoms with E-state index in [0.717, 1.165) is 22.3 Å². The summed E-state index contributed by atoms with van der Waals surface area (Å²) in [5.74, 6) is 23.6. The molecule has 0 saturated heterocycles. The van der Waals surface area contributed by atoms with Crippen molar-refractivity contribution in [3.05, 3.63) is 107 Å². The van der Waals surface area contributed by atoms with Crippen molar-refractivity contribution in [1.82, 2.24) is 0 Å². The van der Waals surface area contributed by atoms with Crippen LogP contribution >= 0.6 is 0 Å². The van der Waals surface area contributed by atoms with E-state index in [1.54, 1.807) is 0 Å². The second-order valence-corrected chi connectivity index (χ2v) is 5.31. The van der Waals surface area contributed by atoms with Crippen molar-refractivity contribution >= 4 is 0 Å². The third kappa shape index (κ3) is 5.52. The molecule has 3 aromatic rings. The average molecular weight is 326 g/mol. The van der Waals surface area contributed by atoms with Crippen molar-refractivity contribution in [2.45, 2.75) is 0 Å². The summed E-state index contributed by atoms with van der Waals surface area (Å²) in [5.41, 5.74) is 3.75. The Labute approximate surface area is 154 Å². The Morgan fingerprint density at radius 2 is 0.577 bits per heavy atom. The second-order valence-electron chi connectivity index (χ2n) is 5.31. The minimum Gasteiger partial charge on any atom is -0.0622 e. The first kappa shape index (κ1) is 16.7. The Morgan fingerprint density at radius 1 is 0.308 bits per heavy atom. The lowest BCUT2D eigenvalue weighted by Crippen LogP contribution is -1.76. The van der Waals surface area contributed by atoms with Gasteiger partial charge in [0.15, 0.2) is 0 Å². The molecular formula is C26H14. The van der Waals surface area contributed by atoms with E-state index in [2.05, 4.69) is 47.4 Å². The first-order chi connectivity index (χ1) is 12.9. The molecule has 0 aliphatic heterocycles. The summed E-state index contributed by atoms with van der Waals surface area (Å²) in [4.78, 5) is 0. The van der Waals surface area contributed by atoms with Crippen LogP contribution in [0.1, 0.15) is 22.3 Å². The van der Waals surface area contributed by atoms with Crippen LogP contribution in [0, 0.1) is 47.4 Å². The first-order valence-electron chi connectivity index (χ1n) is 8.14. The van der Waals surface area contributed by atoms with Crippen molar-refractivity contribution in [3.63, 3.8) is 0 Å². The Morgan fingerprint density at radius 3 is 0.885 bits per heavy atom. The first-order valence-corrected chi connectivity index (χ1v) is 8.14. The fourth-order valence-electron chi connectivity index (χ4n) is 2.09. The predicted molar refractivity (Wildman–Crippen MR) is 107 cm³/mol. The Bertz CT molecular complexity index is 1010. The fraction of sp³-hybridized carbons (Fsp3) is 0. The monoisotopic (exact) mass is 326 g/mol. The molecule has 0 fully saturated rings.